The van der Waals surface area contributed by atoms with Crippen LogP contribution in [0.4, 0.5) is 11.4 Å². The molecule has 1 aliphatic carbocycles. The fraction of sp³-hybridized carbons (Fsp3) is 0.462. The first kappa shape index (κ1) is 24.4. The Morgan fingerprint density at radius 2 is 1.61 bits per heavy atom. The van der Waals surface area contributed by atoms with Crippen LogP contribution in [0.5, 0.6) is 11.5 Å². The number of nitrogens with one attached hydrogen (secondary N) is 3. The van der Waals surface area contributed by atoms with Gasteiger partial charge in [-0.2, -0.15) is 0 Å². The Hall–Kier alpha value is -3.22. The average Bonchev–Trinajstić information content (AvgIpc) is 2.82. The highest BCUT2D eigenvalue weighted by atomic mass is 16.5. The summed E-state index contributed by atoms with van der Waals surface area (Å²) in [4.78, 5) is 25.5. The summed E-state index contributed by atoms with van der Waals surface area (Å²) < 4.78 is 11.0. The van der Waals surface area contributed by atoms with Gasteiger partial charge >= 0.3 is 0 Å². The van der Waals surface area contributed by atoms with E-state index in [2.05, 4.69) is 29.8 Å². The molecule has 0 bridgehead atoms. The summed E-state index contributed by atoms with van der Waals surface area (Å²) in [7, 11) is 3.08. The standard InChI is InChI=1S/C26H35N3O4/c1-16-10-9-13-20(17(16)2)28-25(30)18(3)27-21-14-24(33-5)22(15-23(21)32-4)29-26(31)19-11-7-6-8-12-19/h6-8,11-12,14-18,20,27H,9-10,13H2,1-5H3,(H,28,30)(H,29,31). The minimum Gasteiger partial charge on any atom is -0.495 e. The molecule has 3 N–H and O–H groups in total. The van der Waals surface area contributed by atoms with E-state index in [0.29, 0.717) is 40.3 Å². The molecule has 0 saturated heterocycles. The van der Waals surface area contributed by atoms with Crippen LogP contribution in [0.25, 0.3) is 0 Å². The monoisotopic (exact) mass is 453 g/mol. The van der Waals surface area contributed by atoms with E-state index in [0.717, 1.165) is 12.8 Å². The highest BCUT2D eigenvalue weighted by molar-refractivity contribution is 6.05. The van der Waals surface area contributed by atoms with Crippen molar-refractivity contribution >= 4 is 23.2 Å². The maximum atomic E-state index is 12.9. The van der Waals surface area contributed by atoms with Crippen molar-refractivity contribution in [1.82, 2.24) is 5.32 Å². The maximum absolute atomic E-state index is 12.9. The van der Waals surface area contributed by atoms with Crippen molar-refractivity contribution in [3.8, 4) is 11.5 Å². The van der Waals surface area contributed by atoms with Gasteiger partial charge < -0.3 is 25.4 Å². The third-order valence-electron chi connectivity index (χ3n) is 6.61. The van der Waals surface area contributed by atoms with Crippen LogP contribution in [0.3, 0.4) is 0 Å². The molecule has 1 aliphatic rings. The molecule has 3 rings (SSSR count). The molecule has 0 aromatic heterocycles. The average molecular weight is 454 g/mol. The Labute approximate surface area is 196 Å². The fourth-order valence-corrected chi connectivity index (χ4v) is 4.28. The number of methoxy groups -OCH3 is 2. The summed E-state index contributed by atoms with van der Waals surface area (Å²) in [5, 5.41) is 9.31. The lowest BCUT2D eigenvalue weighted by Crippen LogP contribution is -2.48. The van der Waals surface area contributed by atoms with Gasteiger partial charge in [-0.15, -0.1) is 0 Å². The van der Waals surface area contributed by atoms with Gasteiger partial charge in [0.2, 0.25) is 5.91 Å². The van der Waals surface area contributed by atoms with Crippen molar-refractivity contribution in [3.63, 3.8) is 0 Å². The molecule has 0 heterocycles. The second-order valence-electron chi connectivity index (χ2n) is 8.82. The normalized spacial score (nSPS) is 20.9. The van der Waals surface area contributed by atoms with Crippen molar-refractivity contribution in [2.75, 3.05) is 24.9 Å². The van der Waals surface area contributed by atoms with Crippen LogP contribution in [0.15, 0.2) is 42.5 Å². The van der Waals surface area contributed by atoms with E-state index in [1.807, 2.05) is 13.0 Å². The van der Waals surface area contributed by atoms with Gasteiger partial charge in [-0.3, -0.25) is 9.59 Å². The van der Waals surface area contributed by atoms with E-state index in [4.69, 9.17) is 9.47 Å². The molecular weight excluding hydrogens is 418 g/mol. The molecule has 2 amide bonds. The van der Waals surface area contributed by atoms with E-state index >= 15 is 0 Å². The molecule has 1 saturated carbocycles. The summed E-state index contributed by atoms with van der Waals surface area (Å²) in [6.45, 7) is 6.28. The molecule has 2 aromatic carbocycles. The zero-order chi connectivity index (χ0) is 24.0. The van der Waals surface area contributed by atoms with E-state index in [1.54, 1.807) is 43.5 Å². The fourth-order valence-electron chi connectivity index (χ4n) is 4.28. The van der Waals surface area contributed by atoms with Gasteiger partial charge in [0.05, 0.1) is 25.6 Å². The molecule has 1 fully saturated rings. The molecule has 2 aromatic rings. The largest absolute Gasteiger partial charge is 0.495 e. The van der Waals surface area contributed by atoms with Crippen molar-refractivity contribution in [1.29, 1.82) is 0 Å². The number of amides is 2. The van der Waals surface area contributed by atoms with Crippen LogP contribution < -0.4 is 25.4 Å². The molecule has 0 spiro atoms. The summed E-state index contributed by atoms with van der Waals surface area (Å²) in [5.74, 6) is 1.72. The molecule has 33 heavy (non-hydrogen) atoms. The van der Waals surface area contributed by atoms with Gasteiger partial charge in [0.25, 0.3) is 5.91 Å². The number of benzene rings is 2. The second-order valence-corrected chi connectivity index (χ2v) is 8.82. The van der Waals surface area contributed by atoms with Gasteiger partial charge in [-0.25, -0.2) is 0 Å². The highest BCUT2D eigenvalue weighted by Crippen LogP contribution is 2.37. The maximum Gasteiger partial charge on any atom is 0.255 e. The lowest BCUT2D eigenvalue weighted by Gasteiger charge is -2.35. The second kappa shape index (κ2) is 11.1. The molecule has 4 unspecified atom stereocenters. The first-order valence-corrected chi connectivity index (χ1v) is 11.5. The van der Waals surface area contributed by atoms with E-state index < -0.39 is 6.04 Å². The Balaban J connectivity index is 1.73. The number of hydrogen-bond donors (Lipinski definition) is 3. The molecule has 7 nitrogen and oxygen atoms in total. The minimum atomic E-state index is -0.474. The van der Waals surface area contributed by atoms with E-state index in [1.165, 1.54) is 13.5 Å². The van der Waals surface area contributed by atoms with Crippen LogP contribution >= 0.6 is 0 Å². The van der Waals surface area contributed by atoms with Crippen molar-refractivity contribution < 1.29 is 19.1 Å². The third kappa shape index (κ3) is 5.97. The molecule has 4 atom stereocenters. The predicted molar refractivity (Wildman–Crippen MR) is 131 cm³/mol. The minimum absolute atomic E-state index is 0.0524. The first-order valence-electron chi connectivity index (χ1n) is 11.5. The van der Waals surface area contributed by atoms with Crippen LogP contribution in [-0.4, -0.2) is 38.1 Å². The summed E-state index contributed by atoms with van der Waals surface area (Å²) in [6, 6.07) is 12.1. The van der Waals surface area contributed by atoms with Crippen LogP contribution in [0, 0.1) is 11.8 Å². The van der Waals surface area contributed by atoms with Gasteiger partial charge in [-0.1, -0.05) is 44.9 Å². The van der Waals surface area contributed by atoms with Gasteiger partial charge in [-0.05, 0) is 37.3 Å². The van der Waals surface area contributed by atoms with Gasteiger partial charge in [0, 0.05) is 23.7 Å². The number of anilines is 2. The first-order chi connectivity index (χ1) is 15.8. The summed E-state index contributed by atoms with van der Waals surface area (Å²) in [5.41, 5.74) is 1.63. The Kier molecular flexibility index (Phi) is 8.20. The zero-order valence-corrected chi connectivity index (χ0v) is 20.1. The smallest absolute Gasteiger partial charge is 0.255 e. The van der Waals surface area contributed by atoms with Gasteiger partial charge in [0.1, 0.15) is 17.5 Å². The quantitative estimate of drug-likeness (QED) is 0.539. The lowest BCUT2D eigenvalue weighted by atomic mass is 9.78. The van der Waals surface area contributed by atoms with Crippen LogP contribution in [-0.2, 0) is 4.79 Å². The number of carbonyl (C=O) groups excluding carboxylic acids is 2. The van der Waals surface area contributed by atoms with Crippen molar-refractivity contribution in [3.05, 3.63) is 48.0 Å². The topological polar surface area (TPSA) is 88.7 Å². The van der Waals surface area contributed by atoms with Crippen LogP contribution in [0.1, 0.15) is 50.4 Å². The van der Waals surface area contributed by atoms with Crippen LogP contribution in [0.2, 0.25) is 0 Å². The molecule has 7 heteroatoms. The SMILES string of the molecule is COc1cc(NC(C)C(=O)NC2CCCC(C)C2C)c(OC)cc1NC(=O)c1ccccc1. The van der Waals surface area contributed by atoms with E-state index in [-0.39, 0.29) is 17.9 Å². The molecular formula is C26H35N3O4. The molecule has 178 valence electrons. The van der Waals surface area contributed by atoms with Crippen molar-refractivity contribution in [2.45, 2.75) is 52.1 Å². The number of ether oxygens (including phenoxy) is 2. The third-order valence-corrected chi connectivity index (χ3v) is 6.61. The Bertz CT molecular complexity index is 964. The zero-order valence-electron chi connectivity index (χ0n) is 20.1. The number of rotatable bonds is 8. The summed E-state index contributed by atoms with van der Waals surface area (Å²) in [6.07, 6.45) is 3.36. The van der Waals surface area contributed by atoms with Gasteiger partial charge in [0.15, 0.2) is 0 Å². The highest BCUT2D eigenvalue weighted by Gasteiger charge is 2.29. The number of hydrogen-bond acceptors (Lipinski definition) is 5. The molecule has 0 aliphatic heterocycles. The predicted octanol–water partition coefficient (Wildman–Crippen LogP) is 4.70. The Morgan fingerprint density at radius 1 is 0.970 bits per heavy atom. The Morgan fingerprint density at radius 3 is 2.27 bits per heavy atom. The van der Waals surface area contributed by atoms with Crippen molar-refractivity contribution in [2.24, 2.45) is 11.8 Å². The number of carbonyl (C=O) groups is 2. The summed E-state index contributed by atoms with van der Waals surface area (Å²) >= 11 is 0. The lowest BCUT2D eigenvalue weighted by molar-refractivity contribution is -0.123. The van der Waals surface area contributed by atoms with E-state index in [9.17, 15) is 9.59 Å². The molecule has 0 radical (unpaired) electrons.